The molecule has 47 heavy (non-hydrogen) atoms. The molecule has 1 amide bonds. The predicted octanol–water partition coefficient (Wildman–Crippen LogP) is 4.95. The summed E-state index contributed by atoms with van der Waals surface area (Å²) < 4.78 is 40.3. The highest BCUT2D eigenvalue weighted by atomic mass is 35.5. The van der Waals surface area contributed by atoms with E-state index in [-0.39, 0.29) is 57.7 Å². The van der Waals surface area contributed by atoms with Crippen LogP contribution in [0.5, 0.6) is 17.2 Å². The number of nitrogens with one attached hydrogen (secondary N) is 1. The number of aliphatic hydroxyl groups excluding tert-OH is 1. The summed E-state index contributed by atoms with van der Waals surface area (Å²) in [5, 5.41) is 20.0. The van der Waals surface area contributed by atoms with E-state index in [1.807, 2.05) is 18.4 Å². The molecule has 0 saturated heterocycles. The number of carbonyl (C=O) groups excluding carboxylic acids is 3. The van der Waals surface area contributed by atoms with Crippen molar-refractivity contribution >= 4 is 50.9 Å². The first-order valence-electron chi connectivity index (χ1n) is 14.4. The number of Topliss-reactive ketones (excluding diaryl/α,β-unsaturated/α-hetero) is 2. The second-order valence-corrected chi connectivity index (χ2v) is 14.1. The Morgan fingerprint density at radius 2 is 1.77 bits per heavy atom. The summed E-state index contributed by atoms with van der Waals surface area (Å²) in [6.45, 7) is 1.68. The summed E-state index contributed by atoms with van der Waals surface area (Å²) in [5.41, 5.74) is -0.934. The smallest absolute Gasteiger partial charge is 0.238 e. The summed E-state index contributed by atoms with van der Waals surface area (Å²) in [4.78, 5) is 42.3. The standard InChI is InChI=1S/C33H33ClN2O9S2/c1-17-13-23(37)27(31(39)33(17)32(40)28-24(43-2)15-25(44-3)29(34)30(28)45-33)22(19-7-9-20(46-4)10-8-19)14-26(38)36-16-18-5-11-21(12-6-18)47(35,41)42/h5-12,15,17,22,39H,13-14,16H2,1-4H3,(H,36,38)(H2,35,41,42). The number of amides is 1. The van der Waals surface area contributed by atoms with Crippen LogP contribution >= 0.6 is 23.4 Å². The van der Waals surface area contributed by atoms with Crippen LogP contribution in [0.25, 0.3) is 0 Å². The fourth-order valence-corrected chi connectivity index (χ4v) is 7.20. The highest BCUT2D eigenvalue weighted by Crippen LogP contribution is 2.55. The second kappa shape index (κ2) is 13.2. The number of ether oxygens (including phenoxy) is 3. The molecule has 0 bridgehead atoms. The monoisotopic (exact) mass is 700 g/mol. The average molecular weight is 701 g/mol. The molecule has 3 atom stereocenters. The Balaban J connectivity index is 1.55. The largest absolute Gasteiger partial charge is 0.507 e. The van der Waals surface area contributed by atoms with E-state index in [1.54, 1.807) is 19.1 Å². The van der Waals surface area contributed by atoms with Crippen molar-refractivity contribution in [2.24, 2.45) is 11.1 Å². The number of aliphatic hydroxyl groups is 1. The third kappa shape index (κ3) is 6.20. The topological polar surface area (TPSA) is 171 Å². The fraction of sp³-hybridized carbons (Fsp3) is 0.303. The highest BCUT2D eigenvalue weighted by Gasteiger charge is 2.61. The molecule has 1 aliphatic heterocycles. The maximum absolute atomic E-state index is 14.3. The Morgan fingerprint density at radius 1 is 1.13 bits per heavy atom. The lowest BCUT2D eigenvalue weighted by atomic mass is 9.69. The van der Waals surface area contributed by atoms with Gasteiger partial charge in [-0.05, 0) is 41.6 Å². The van der Waals surface area contributed by atoms with E-state index < -0.39 is 50.7 Å². The molecular weight excluding hydrogens is 668 g/mol. The van der Waals surface area contributed by atoms with Gasteiger partial charge in [-0.25, -0.2) is 13.6 Å². The number of hydrogen-bond donors (Lipinski definition) is 3. The lowest BCUT2D eigenvalue weighted by Gasteiger charge is -2.38. The van der Waals surface area contributed by atoms with Crippen molar-refractivity contribution in [3.05, 3.63) is 87.6 Å². The zero-order valence-corrected chi connectivity index (χ0v) is 28.3. The van der Waals surface area contributed by atoms with Gasteiger partial charge >= 0.3 is 0 Å². The second-order valence-electron chi connectivity index (χ2n) is 11.3. The van der Waals surface area contributed by atoms with E-state index in [0.717, 1.165) is 4.90 Å². The number of allylic oxidation sites excluding steroid dienone is 1. The van der Waals surface area contributed by atoms with Crippen molar-refractivity contribution in [3.63, 3.8) is 0 Å². The molecule has 248 valence electrons. The van der Waals surface area contributed by atoms with Crippen molar-refractivity contribution in [3.8, 4) is 17.2 Å². The summed E-state index contributed by atoms with van der Waals surface area (Å²) in [6, 6.07) is 14.4. The number of halogens is 1. The number of hydrogen-bond acceptors (Lipinski definition) is 10. The molecule has 0 radical (unpaired) electrons. The molecule has 0 saturated carbocycles. The molecule has 3 aromatic rings. The normalized spacial score (nSPS) is 19.7. The molecule has 4 N–H and O–H groups in total. The number of methoxy groups -OCH3 is 2. The van der Waals surface area contributed by atoms with Crippen LogP contribution in [-0.2, 0) is 26.2 Å². The minimum atomic E-state index is -3.87. The van der Waals surface area contributed by atoms with E-state index in [1.165, 1.54) is 56.3 Å². The van der Waals surface area contributed by atoms with Gasteiger partial charge in [0.25, 0.3) is 0 Å². The molecule has 1 spiro atoms. The Labute approximate surface area is 281 Å². The van der Waals surface area contributed by atoms with Crippen LogP contribution in [0, 0.1) is 5.92 Å². The maximum atomic E-state index is 14.3. The number of primary sulfonamides is 1. The van der Waals surface area contributed by atoms with Gasteiger partial charge in [0.05, 0.1) is 19.1 Å². The molecule has 1 aliphatic carbocycles. The van der Waals surface area contributed by atoms with Crippen LogP contribution in [0.15, 0.2) is 75.7 Å². The quantitative estimate of drug-likeness (QED) is 0.246. The zero-order chi connectivity index (χ0) is 34.3. The van der Waals surface area contributed by atoms with Gasteiger partial charge in [-0.2, -0.15) is 0 Å². The number of carbonyl (C=O) groups is 3. The number of thioether (sulfide) groups is 1. The summed E-state index contributed by atoms with van der Waals surface area (Å²) in [5.74, 6) is -3.60. The Bertz CT molecular complexity index is 1890. The van der Waals surface area contributed by atoms with Crippen LogP contribution in [0.3, 0.4) is 0 Å². The number of fused-ring (bicyclic) bond motifs is 1. The Kier molecular flexibility index (Phi) is 9.65. The van der Waals surface area contributed by atoms with Gasteiger partial charge in [-0.15, -0.1) is 11.8 Å². The van der Waals surface area contributed by atoms with Crippen LogP contribution < -0.4 is 24.7 Å². The van der Waals surface area contributed by atoms with Crippen molar-refractivity contribution < 1.29 is 42.1 Å². The lowest BCUT2D eigenvalue weighted by molar-refractivity contribution is -0.122. The van der Waals surface area contributed by atoms with E-state index in [0.29, 0.717) is 11.1 Å². The molecule has 11 nitrogen and oxygen atoms in total. The van der Waals surface area contributed by atoms with Crippen molar-refractivity contribution in [1.29, 1.82) is 0 Å². The van der Waals surface area contributed by atoms with E-state index in [4.69, 9.17) is 31.0 Å². The first kappa shape index (κ1) is 34.3. The summed E-state index contributed by atoms with van der Waals surface area (Å²) >= 11 is 8.08. The van der Waals surface area contributed by atoms with Crippen molar-refractivity contribution in [1.82, 2.24) is 5.32 Å². The molecular formula is C33H33ClN2O9S2. The Morgan fingerprint density at radius 3 is 2.34 bits per heavy atom. The number of rotatable bonds is 10. The molecule has 0 fully saturated rings. The Hall–Kier alpha value is -4.04. The van der Waals surface area contributed by atoms with Gasteiger partial charge in [0.2, 0.25) is 27.3 Å². The number of sulfonamides is 1. The fourth-order valence-electron chi connectivity index (χ4n) is 6.02. The van der Waals surface area contributed by atoms with Crippen LogP contribution in [0.2, 0.25) is 5.02 Å². The minimum absolute atomic E-state index is 0.00709. The van der Waals surface area contributed by atoms with Gasteiger partial charge in [-0.1, -0.05) is 42.8 Å². The van der Waals surface area contributed by atoms with Crippen molar-refractivity contribution in [2.75, 3.05) is 20.5 Å². The van der Waals surface area contributed by atoms with Gasteiger partial charge in [0, 0.05) is 47.8 Å². The van der Waals surface area contributed by atoms with Crippen LogP contribution in [-0.4, -0.2) is 57.1 Å². The number of nitrogens with two attached hydrogens (primary N) is 1. The predicted molar refractivity (Wildman–Crippen MR) is 176 cm³/mol. The van der Waals surface area contributed by atoms with E-state index in [2.05, 4.69) is 5.32 Å². The number of benzene rings is 3. The van der Waals surface area contributed by atoms with Crippen LogP contribution in [0.4, 0.5) is 0 Å². The van der Waals surface area contributed by atoms with Gasteiger partial charge in [0.1, 0.15) is 22.1 Å². The third-order valence-electron chi connectivity index (χ3n) is 8.51. The molecule has 5 rings (SSSR count). The SMILES string of the molecule is COc1cc(OC)c2c(c1Cl)OC1(C2=O)C(O)=C(C(CC(=O)NCc2ccc(S(N)(=O)=O)cc2)c2ccc(SC)cc2)C(=O)CC1C. The summed E-state index contributed by atoms with van der Waals surface area (Å²) in [7, 11) is -1.10. The van der Waals surface area contributed by atoms with E-state index >= 15 is 0 Å². The van der Waals surface area contributed by atoms with Gasteiger partial charge in [0.15, 0.2) is 17.3 Å². The van der Waals surface area contributed by atoms with Gasteiger partial charge < -0.3 is 24.6 Å². The average Bonchev–Trinajstić information content (AvgIpc) is 3.37. The highest BCUT2D eigenvalue weighted by molar-refractivity contribution is 7.98. The first-order chi connectivity index (χ1) is 22.3. The molecule has 14 heteroatoms. The van der Waals surface area contributed by atoms with Crippen molar-refractivity contribution in [2.45, 2.75) is 47.6 Å². The molecule has 3 aromatic carbocycles. The molecule has 0 aromatic heterocycles. The zero-order valence-electron chi connectivity index (χ0n) is 26.0. The van der Waals surface area contributed by atoms with Crippen LogP contribution in [0.1, 0.15) is 47.2 Å². The van der Waals surface area contributed by atoms with E-state index in [9.17, 15) is 27.9 Å². The number of ketones is 2. The third-order valence-corrected chi connectivity index (χ3v) is 10.5. The molecule has 2 aliphatic rings. The summed E-state index contributed by atoms with van der Waals surface area (Å²) in [6.07, 6.45) is 1.49. The first-order valence-corrected chi connectivity index (χ1v) is 17.6. The van der Waals surface area contributed by atoms with Gasteiger partial charge in [-0.3, -0.25) is 14.4 Å². The minimum Gasteiger partial charge on any atom is -0.507 e. The molecule has 1 heterocycles. The maximum Gasteiger partial charge on any atom is 0.238 e. The molecule has 3 unspecified atom stereocenters. The lowest BCUT2D eigenvalue weighted by Crippen LogP contribution is -2.53.